The summed E-state index contributed by atoms with van der Waals surface area (Å²) in [7, 11) is 0. The summed E-state index contributed by atoms with van der Waals surface area (Å²) in [6.45, 7) is 0.968. The molecular formula is C15H22INO2. The van der Waals surface area contributed by atoms with E-state index in [0.29, 0.717) is 19.3 Å². The first-order valence-corrected chi connectivity index (χ1v) is 8.11. The van der Waals surface area contributed by atoms with E-state index < -0.39 is 6.10 Å². The summed E-state index contributed by atoms with van der Waals surface area (Å²) >= 11 is 2.28. The van der Waals surface area contributed by atoms with Crippen LogP contribution >= 0.6 is 22.6 Å². The summed E-state index contributed by atoms with van der Waals surface area (Å²) in [5, 5.41) is 13.1. The second kappa shape index (κ2) is 8.07. The van der Waals surface area contributed by atoms with E-state index >= 15 is 0 Å². The molecular weight excluding hydrogens is 353 g/mol. The van der Waals surface area contributed by atoms with Gasteiger partial charge in [0.2, 0.25) is 0 Å². The Balaban J connectivity index is 1.63. The molecule has 2 N–H and O–H groups in total. The summed E-state index contributed by atoms with van der Waals surface area (Å²) < 4.78 is 6.97. The Labute approximate surface area is 128 Å². The van der Waals surface area contributed by atoms with E-state index in [4.69, 9.17) is 4.74 Å². The molecule has 2 rings (SSSR count). The topological polar surface area (TPSA) is 41.5 Å². The van der Waals surface area contributed by atoms with Gasteiger partial charge < -0.3 is 15.2 Å². The molecule has 0 saturated heterocycles. The largest absolute Gasteiger partial charge is 0.389 e. The zero-order valence-corrected chi connectivity index (χ0v) is 13.3. The Kier molecular flexibility index (Phi) is 6.40. The van der Waals surface area contributed by atoms with E-state index in [0.717, 1.165) is 18.5 Å². The van der Waals surface area contributed by atoms with E-state index in [2.05, 4.69) is 27.9 Å². The van der Waals surface area contributed by atoms with Gasteiger partial charge in [0.1, 0.15) is 0 Å². The van der Waals surface area contributed by atoms with Crippen molar-refractivity contribution in [3.63, 3.8) is 0 Å². The zero-order valence-electron chi connectivity index (χ0n) is 11.1. The fourth-order valence-electron chi connectivity index (χ4n) is 2.34. The maximum atomic E-state index is 9.91. The SMILES string of the molecule is OC(CNc1ccc(I)cc1)COC1CCCCC1. The number of nitrogens with one attached hydrogen (secondary N) is 1. The summed E-state index contributed by atoms with van der Waals surface area (Å²) in [6, 6.07) is 8.15. The smallest absolute Gasteiger partial charge is 0.0945 e. The van der Waals surface area contributed by atoms with Crippen molar-refractivity contribution in [1.29, 1.82) is 0 Å². The number of benzene rings is 1. The van der Waals surface area contributed by atoms with Gasteiger partial charge in [0.15, 0.2) is 0 Å². The summed E-state index contributed by atoms with van der Waals surface area (Å²) in [5.41, 5.74) is 1.04. The first-order valence-electron chi connectivity index (χ1n) is 7.03. The van der Waals surface area contributed by atoms with Crippen molar-refractivity contribution in [2.45, 2.75) is 44.3 Å². The van der Waals surface area contributed by atoms with Crippen molar-refractivity contribution >= 4 is 28.3 Å². The number of ether oxygens (including phenoxy) is 1. The van der Waals surface area contributed by atoms with Gasteiger partial charge in [-0.25, -0.2) is 0 Å². The van der Waals surface area contributed by atoms with Crippen LogP contribution in [0, 0.1) is 3.57 Å². The van der Waals surface area contributed by atoms with E-state index in [1.54, 1.807) is 0 Å². The van der Waals surface area contributed by atoms with Crippen LogP contribution in [0.2, 0.25) is 0 Å². The second-order valence-electron chi connectivity index (χ2n) is 5.13. The minimum Gasteiger partial charge on any atom is -0.389 e. The molecule has 1 unspecified atom stereocenters. The van der Waals surface area contributed by atoms with Gasteiger partial charge in [-0.1, -0.05) is 19.3 Å². The second-order valence-corrected chi connectivity index (χ2v) is 6.38. The number of hydrogen-bond acceptors (Lipinski definition) is 3. The van der Waals surface area contributed by atoms with Gasteiger partial charge in [0.05, 0.1) is 18.8 Å². The number of aliphatic hydroxyl groups excluding tert-OH is 1. The van der Waals surface area contributed by atoms with Gasteiger partial charge in [-0.3, -0.25) is 0 Å². The number of halogens is 1. The molecule has 0 amide bonds. The van der Waals surface area contributed by atoms with Crippen LogP contribution in [0.1, 0.15) is 32.1 Å². The van der Waals surface area contributed by atoms with Gasteiger partial charge in [-0.2, -0.15) is 0 Å². The maximum Gasteiger partial charge on any atom is 0.0945 e. The molecule has 1 aromatic rings. The molecule has 106 valence electrons. The number of anilines is 1. The van der Waals surface area contributed by atoms with Crippen molar-refractivity contribution < 1.29 is 9.84 Å². The fourth-order valence-corrected chi connectivity index (χ4v) is 2.70. The first kappa shape index (κ1) is 15.1. The quantitative estimate of drug-likeness (QED) is 0.749. The minimum absolute atomic E-state index is 0.363. The highest BCUT2D eigenvalue weighted by atomic mass is 127. The number of aliphatic hydroxyl groups is 1. The van der Waals surface area contributed by atoms with E-state index in [1.807, 2.05) is 24.3 Å². The Morgan fingerprint density at radius 3 is 2.58 bits per heavy atom. The van der Waals surface area contributed by atoms with Crippen molar-refractivity contribution in [2.75, 3.05) is 18.5 Å². The third-order valence-corrected chi connectivity index (χ3v) is 4.18. The first-order chi connectivity index (χ1) is 9.24. The summed E-state index contributed by atoms with van der Waals surface area (Å²) in [5.74, 6) is 0. The zero-order chi connectivity index (χ0) is 13.5. The van der Waals surface area contributed by atoms with Crippen LogP contribution in [0.4, 0.5) is 5.69 Å². The maximum absolute atomic E-state index is 9.91. The standard InChI is InChI=1S/C15H22INO2/c16-12-6-8-13(9-7-12)17-10-14(18)11-19-15-4-2-1-3-5-15/h6-9,14-15,17-18H,1-5,10-11H2. The van der Waals surface area contributed by atoms with Gasteiger partial charge in [-0.05, 0) is 59.7 Å². The van der Waals surface area contributed by atoms with E-state index in [1.165, 1.54) is 22.8 Å². The molecule has 0 radical (unpaired) electrons. The molecule has 3 nitrogen and oxygen atoms in total. The Morgan fingerprint density at radius 1 is 1.21 bits per heavy atom. The molecule has 19 heavy (non-hydrogen) atoms. The molecule has 1 aromatic carbocycles. The Bertz CT molecular complexity index is 363. The molecule has 0 aromatic heterocycles. The molecule has 0 spiro atoms. The van der Waals surface area contributed by atoms with Crippen molar-refractivity contribution in [3.05, 3.63) is 27.8 Å². The van der Waals surface area contributed by atoms with E-state index in [-0.39, 0.29) is 0 Å². The minimum atomic E-state index is -0.443. The molecule has 1 aliphatic rings. The van der Waals surface area contributed by atoms with Gasteiger partial charge in [0.25, 0.3) is 0 Å². The molecule has 1 aliphatic carbocycles. The predicted molar refractivity (Wildman–Crippen MR) is 86.5 cm³/mol. The highest BCUT2D eigenvalue weighted by Crippen LogP contribution is 2.20. The van der Waals surface area contributed by atoms with Gasteiger partial charge in [0, 0.05) is 15.8 Å². The molecule has 1 atom stereocenters. The van der Waals surface area contributed by atoms with Crippen LogP contribution in [0.15, 0.2) is 24.3 Å². The third kappa shape index (κ3) is 5.67. The lowest BCUT2D eigenvalue weighted by atomic mass is 9.98. The van der Waals surface area contributed by atoms with Crippen LogP contribution in [-0.4, -0.2) is 30.5 Å². The van der Waals surface area contributed by atoms with E-state index in [9.17, 15) is 5.11 Å². The molecule has 0 bridgehead atoms. The normalized spacial score (nSPS) is 18.2. The highest BCUT2D eigenvalue weighted by molar-refractivity contribution is 14.1. The summed E-state index contributed by atoms with van der Waals surface area (Å²) in [4.78, 5) is 0. The van der Waals surface area contributed by atoms with Crippen molar-refractivity contribution in [2.24, 2.45) is 0 Å². The lowest BCUT2D eigenvalue weighted by molar-refractivity contribution is -0.0195. The molecule has 1 fully saturated rings. The van der Waals surface area contributed by atoms with Crippen LogP contribution in [0.25, 0.3) is 0 Å². The monoisotopic (exact) mass is 375 g/mol. The lowest BCUT2D eigenvalue weighted by Gasteiger charge is -2.23. The van der Waals surface area contributed by atoms with Crippen molar-refractivity contribution in [1.82, 2.24) is 0 Å². The van der Waals surface area contributed by atoms with Crippen LogP contribution in [0.5, 0.6) is 0 Å². The Morgan fingerprint density at radius 2 is 1.89 bits per heavy atom. The average Bonchev–Trinajstić information content (AvgIpc) is 2.45. The third-order valence-electron chi connectivity index (χ3n) is 3.46. The van der Waals surface area contributed by atoms with Crippen LogP contribution in [0.3, 0.4) is 0 Å². The number of rotatable bonds is 6. The fraction of sp³-hybridized carbons (Fsp3) is 0.600. The van der Waals surface area contributed by atoms with Gasteiger partial charge in [-0.15, -0.1) is 0 Å². The molecule has 4 heteroatoms. The van der Waals surface area contributed by atoms with Crippen molar-refractivity contribution in [3.8, 4) is 0 Å². The molecule has 0 aliphatic heterocycles. The van der Waals surface area contributed by atoms with Crippen LogP contribution in [-0.2, 0) is 4.74 Å². The summed E-state index contributed by atoms with van der Waals surface area (Å²) in [6.07, 6.45) is 6.08. The molecule has 1 saturated carbocycles. The van der Waals surface area contributed by atoms with Crippen LogP contribution < -0.4 is 5.32 Å². The van der Waals surface area contributed by atoms with Gasteiger partial charge >= 0.3 is 0 Å². The molecule has 0 heterocycles. The Hall–Kier alpha value is -0.330. The number of hydrogen-bond donors (Lipinski definition) is 2. The lowest BCUT2D eigenvalue weighted by Crippen LogP contribution is -2.28. The predicted octanol–water partition coefficient (Wildman–Crippen LogP) is 3.41. The average molecular weight is 375 g/mol. The highest BCUT2D eigenvalue weighted by Gasteiger charge is 2.15.